The number of carboxylic acids is 1. The van der Waals surface area contributed by atoms with Crippen LogP contribution in [0.3, 0.4) is 0 Å². The second-order valence-electron chi connectivity index (χ2n) is 3.37. The van der Waals surface area contributed by atoms with Gasteiger partial charge in [0.15, 0.2) is 0 Å². The molecular weight excluding hydrogens is 206 g/mol. The molecule has 1 rings (SSSR count). The van der Waals surface area contributed by atoms with Crippen molar-refractivity contribution in [2.24, 2.45) is 0 Å². The topological polar surface area (TPSA) is 70.3 Å². The first kappa shape index (κ1) is 12.1. The summed E-state index contributed by atoms with van der Waals surface area (Å²) in [6, 6.07) is 7.00. The largest absolute Gasteiger partial charge is 0.492 e. The van der Waals surface area contributed by atoms with Crippen LogP contribution in [0.1, 0.15) is 28.8 Å². The van der Waals surface area contributed by atoms with Gasteiger partial charge in [0.25, 0.3) is 0 Å². The number of hydrogen-bond donors (Lipinski definition) is 1. The number of nitriles is 1. The van der Waals surface area contributed by atoms with E-state index in [9.17, 15) is 4.79 Å². The van der Waals surface area contributed by atoms with Crippen LogP contribution < -0.4 is 4.74 Å². The van der Waals surface area contributed by atoms with Crippen molar-refractivity contribution in [3.8, 4) is 11.8 Å². The van der Waals surface area contributed by atoms with Gasteiger partial charge in [-0.05, 0) is 25.0 Å². The zero-order chi connectivity index (χ0) is 12.0. The Bertz CT molecular complexity index is 421. The molecule has 0 bridgehead atoms. The molecule has 4 nitrogen and oxygen atoms in total. The number of benzene rings is 1. The quantitative estimate of drug-likeness (QED) is 0.772. The van der Waals surface area contributed by atoms with Crippen molar-refractivity contribution < 1.29 is 14.6 Å². The second-order valence-corrected chi connectivity index (χ2v) is 3.37. The molecule has 0 aliphatic rings. The fourth-order valence-corrected chi connectivity index (χ4v) is 1.34. The van der Waals surface area contributed by atoms with Crippen LogP contribution in [0, 0.1) is 18.3 Å². The van der Waals surface area contributed by atoms with E-state index in [1.54, 1.807) is 19.1 Å². The highest BCUT2D eigenvalue weighted by Gasteiger charge is 2.12. The van der Waals surface area contributed by atoms with E-state index in [4.69, 9.17) is 15.1 Å². The number of rotatable bonds is 5. The molecule has 4 heteroatoms. The van der Waals surface area contributed by atoms with Crippen LogP contribution in [0.15, 0.2) is 18.2 Å². The van der Waals surface area contributed by atoms with E-state index in [2.05, 4.69) is 0 Å². The van der Waals surface area contributed by atoms with Crippen LogP contribution in [0.4, 0.5) is 0 Å². The third-order valence-corrected chi connectivity index (χ3v) is 2.12. The van der Waals surface area contributed by atoms with E-state index < -0.39 is 5.97 Å². The van der Waals surface area contributed by atoms with Crippen molar-refractivity contribution in [3.63, 3.8) is 0 Å². The number of aryl methyl sites for hydroxylation is 1. The van der Waals surface area contributed by atoms with E-state index in [0.717, 1.165) is 5.56 Å². The number of carbonyl (C=O) groups is 1. The lowest BCUT2D eigenvalue weighted by molar-refractivity contribution is 0.0692. The molecule has 84 valence electrons. The lowest BCUT2D eigenvalue weighted by Gasteiger charge is -2.10. The normalized spacial score (nSPS) is 9.50. The number of para-hydroxylation sites is 1. The van der Waals surface area contributed by atoms with Gasteiger partial charge in [-0.25, -0.2) is 4.79 Å². The Labute approximate surface area is 94.1 Å². The summed E-state index contributed by atoms with van der Waals surface area (Å²) in [5, 5.41) is 17.3. The monoisotopic (exact) mass is 219 g/mol. The molecule has 0 radical (unpaired) electrons. The lowest BCUT2D eigenvalue weighted by atomic mass is 10.1. The number of hydrogen-bond acceptors (Lipinski definition) is 3. The summed E-state index contributed by atoms with van der Waals surface area (Å²) >= 11 is 0. The minimum absolute atomic E-state index is 0.164. The molecule has 0 spiro atoms. The molecule has 1 aromatic rings. The van der Waals surface area contributed by atoms with E-state index in [-0.39, 0.29) is 5.56 Å². The predicted octanol–water partition coefficient (Wildman–Crippen LogP) is 2.38. The van der Waals surface area contributed by atoms with Crippen LogP contribution in [-0.2, 0) is 0 Å². The van der Waals surface area contributed by atoms with Crippen LogP contribution in [0.2, 0.25) is 0 Å². The van der Waals surface area contributed by atoms with Crippen molar-refractivity contribution in [1.82, 2.24) is 0 Å². The molecule has 0 fully saturated rings. The molecule has 0 heterocycles. The van der Waals surface area contributed by atoms with Gasteiger partial charge in [0.2, 0.25) is 0 Å². The average molecular weight is 219 g/mol. The number of ether oxygens (including phenoxy) is 1. The molecule has 0 amide bonds. The van der Waals surface area contributed by atoms with Gasteiger partial charge in [0, 0.05) is 6.42 Å². The zero-order valence-corrected chi connectivity index (χ0v) is 9.06. The van der Waals surface area contributed by atoms with E-state index in [1.807, 2.05) is 6.07 Å². The minimum atomic E-state index is -1.00. The fraction of sp³-hybridized carbons (Fsp3) is 0.333. The van der Waals surface area contributed by atoms with Crippen molar-refractivity contribution in [2.75, 3.05) is 6.61 Å². The van der Waals surface area contributed by atoms with Gasteiger partial charge in [-0.15, -0.1) is 0 Å². The highest BCUT2D eigenvalue weighted by atomic mass is 16.5. The Kier molecular flexibility index (Phi) is 4.34. The van der Waals surface area contributed by atoms with Gasteiger partial charge in [-0.1, -0.05) is 12.1 Å². The molecule has 1 N–H and O–H groups in total. The van der Waals surface area contributed by atoms with Crippen molar-refractivity contribution in [3.05, 3.63) is 29.3 Å². The first-order valence-electron chi connectivity index (χ1n) is 4.99. The predicted molar refractivity (Wildman–Crippen MR) is 58.5 cm³/mol. The molecule has 16 heavy (non-hydrogen) atoms. The van der Waals surface area contributed by atoms with E-state index in [0.29, 0.717) is 25.2 Å². The Hall–Kier alpha value is -2.02. The standard InChI is InChI=1S/C12H13NO3/c1-9-5-4-6-10(12(14)15)11(9)16-8-3-2-7-13/h4-6H,2-3,8H2,1H3,(H,14,15). The zero-order valence-electron chi connectivity index (χ0n) is 9.06. The van der Waals surface area contributed by atoms with Crippen LogP contribution in [-0.4, -0.2) is 17.7 Å². The van der Waals surface area contributed by atoms with Gasteiger partial charge in [-0.2, -0.15) is 5.26 Å². The highest BCUT2D eigenvalue weighted by Crippen LogP contribution is 2.23. The van der Waals surface area contributed by atoms with Crippen molar-refractivity contribution in [2.45, 2.75) is 19.8 Å². The highest BCUT2D eigenvalue weighted by molar-refractivity contribution is 5.91. The maximum absolute atomic E-state index is 10.9. The van der Waals surface area contributed by atoms with Crippen LogP contribution in [0.25, 0.3) is 0 Å². The number of unbranched alkanes of at least 4 members (excludes halogenated alkanes) is 1. The Morgan fingerprint density at radius 2 is 2.31 bits per heavy atom. The Morgan fingerprint density at radius 3 is 2.94 bits per heavy atom. The average Bonchev–Trinajstić information content (AvgIpc) is 2.25. The fourth-order valence-electron chi connectivity index (χ4n) is 1.34. The molecule has 0 atom stereocenters. The molecule has 0 saturated carbocycles. The molecule has 0 aliphatic carbocycles. The Morgan fingerprint density at radius 1 is 1.56 bits per heavy atom. The van der Waals surface area contributed by atoms with E-state index >= 15 is 0 Å². The summed E-state index contributed by atoms with van der Waals surface area (Å²) in [7, 11) is 0. The summed E-state index contributed by atoms with van der Waals surface area (Å²) in [6.07, 6.45) is 1.01. The summed E-state index contributed by atoms with van der Waals surface area (Å²) in [5.41, 5.74) is 0.953. The van der Waals surface area contributed by atoms with Gasteiger partial charge in [0.05, 0.1) is 12.7 Å². The summed E-state index contributed by atoms with van der Waals surface area (Å²) in [6.45, 7) is 2.16. The maximum atomic E-state index is 10.9. The summed E-state index contributed by atoms with van der Waals surface area (Å²) in [4.78, 5) is 10.9. The molecular formula is C12H13NO3. The van der Waals surface area contributed by atoms with Crippen molar-refractivity contribution >= 4 is 5.97 Å². The van der Waals surface area contributed by atoms with Gasteiger partial charge < -0.3 is 9.84 Å². The van der Waals surface area contributed by atoms with E-state index in [1.165, 1.54) is 6.07 Å². The number of aromatic carboxylic acids is 1. The number of carboxylic acid groups (broad SMARTS) is 1. The van der Waals surface area contributed by atoms with Gasteiger partial charge >= 0.3 is 5.97 Å². The second kappa shape index (κ2) is 5.76. The Balaban J connectivity index is 2.77. The molecule has 0 aliphatic heterocycles. The van der Waals surface area contributed by atoms with Gasteiger partial charge in [0.1, 0.15) is 11.3 Å². The van der Waals surface area contributed by atoms with Gasteiger partial charge in [-0.3, -0.25) is 0 Å². The molecule has 0 saturated heterocycles. The lowest BCUT2D eigenvalue weighted by Crippen LogP contribution is -2.05. The molecule has 1 aromatic carbocycles. The third kappa shape index (κ3) is 2.99. The summed E-state index contributed by atoms with van der Waals surface area (Å²) < 4.78 is 5.40. The first-order valence-corrected chi connectivity index (χ1v) is 4.99. The maximum Gasteiger partial charge on any atom is 0.339 e. The smallest absolute Gasteiger partial charge is 0.339 e. The first-order chi connectivity index (χ1) is 7.66. The number of nitrogens with zero attached hydrogens (tertiary/aromatic N) is 1. The van der Waals surface area contributed by atoms with Crippen LogP contribution >= 0.6 is 0 Å². The molecule has 0 aromatic heterocycles. The third-order valence-electron chi connectivity index (χ3n) is 2.12. The minimum Gasteiger partial charge on any atom is -0.492 e. The summed E-state index contributed by atoms with van der Waals surface area (Å²) in [5.74, 6) is -0.605. The molecule has 0 unspecified atom stereocenters. The van der Waals surface area contributed by atoms with Crippen molar-refractivity contribution in [1.29, 1.82) is 5.26 Å². The van der Waals surface area contributed by atoms with Crippen LogP contribution in [0.5, 0.6) is 5.75 Å². The SMILES string of the molecule is Cc1cccc(C(=O)O)c1OCCCC#N.